The Labute approximate surface area is 106 Å². The first-order valence-corrected chi connectivity index (χ1v) is 6.62. The highest BCUT2D eigenvalue weighted by Crippen LogP contribution is 2.34. The van der Waals surface area contributed by atoms with Gasteiger partial charge in [-0.1, -0.05) is 22.9 Å². The number of hydrogen-bond donors (Lipinski definition) is 1. The standard InChI is InChI=1S/C13H18BrNO/c1-3-11-12(14)6-10(7-13(11)16-2)9-4-5-15-8-9/h6-7,9,15H,3-5,8H2,1-2H3. The van der Waals surface area contributed by atoms with Crippen molar-refractivity contribution in [2.24, 2.45) is 0 Å². The van der Waals surface area contributed by atoms with E-state index in [9.17, 15) is 0 Å². The monoisotopic (exact) mass is 283 g/mol. The number of hydrogen-bond acceptors (Lipinski definition) is 2. The van der Waals surface area contributed by atoms with Crippen LogP contribution >= 0.6 is 15.9 Å². The zero-order chi connectivity index (χ0) is 11.5. The van der Waals surface area contributed by atoms with E-state index in [0.29, 0.717) is 5.92 Å². The normalized spacial score (nSPS) is 20.1. The molecule has 0 spiro atoms. The molecule has 1 N–H and O–H groups in total. The van der Waals surface area contributed by atoms with Crippen molar-refractivity contribution in [3.05, 3.63) is 27.7 Å². The van der Waals surface area contributed by atoms with E-state index in [1.54, 1.807) is 7.11 Å². The van der Waals surface area contributed by atoms with Crippen LogP contribution in [0.2, 0.25) is 0 Å². The summed E-state index contributed by atoms with van der Waals surface area (Å²) in [7, 11) is 1.75. The van der Waals surface area contributed by atoms with E-state index in [2.05, 4.69) is 40.3 Å². The summed E-state index contributed by atoms with van der Waals surface area (Å²) >= 11 is 3.65. The number of rotatable bonds is 3. The predicted molar refractivity (Wildman–Crippen MR) is 70.3 cm³/mol. The number of methoxy groups -OCH3 is 1. The Morgan fingerprint density at radius 2 is 2.31 bits per heavy atom. The van der Waals surface area contributed by atoms with Gasteiger partial charge in [-0.3, -0.25) is 0 Å². The summed E-state index contributed by atoms with van der Waals surface area (Å²) < 4.78 is 6.64. The third-order valence-corrected chi connectivity index (χ3v) is 3.99. The highest BCUT2D eigenvalue weighted by atomic mass is 79.9. The van der Waals surface area contributed by atoms with Gasteiger partial charge in [-0.15, -0.1) is 0 Å². The van der Waals surface area contributed by atoms with E-state index in [1.807, 2.05) is 0 Å². The summed E-state index contributed by atoms with van der Waals surface area (Å²) in [6.45, 7) is 4.36. The maximum absolute atomic E-state index is 5.47. The molecule has 16 heavy (non-hydrogen) atoms. The van der Waals surface area contributed by atoms with Crippen LogP contribution in [-0.2, 0) is 6.42 Å². The van der Waals surface area contributed by atoms with Crippen LogP contribution in [0.1, 0.15) is 30.4 Å². The molecule has 1 aliphatic heterocycles. The summed E-state index contributed by atoms with van der Waals surface area (Å²) in [6.07, 6.45) is 2.22. The quantitative estimate of drug-likeness (QED) is 0.921. The molecule has 0 aliphatic carbocycles. The molecule has 0 radical (unpaired) electrons. The fraction of sp³-hybridized carbons (Fsp3) is 0.538. The van der Waals surface area contributed by atoms with Gasteiger partial charge in [0.05, 0.1) is 7.11 Å². The first kappa shape index (κ1) is 11.9. The average Bonchev–Trinajstić information content (AvgIpc) is 2.81. The summed E-state index contributed by atoms with van der Waals surface area (Å²) in [5.41, 5.74) is 2.64. The molecule has 1 aromatic rings. The molecule has 88 valence electrons. The van der Waals surface area contributed by atoms with Crippen LogP contribution < -0.4 is 10.1 Å². The topological polar surface area (TPSA) is 21.3 Å². The van der Waals surface area contributed by atoms with Crippen molar-refractivity contribution in [2.45, 2.75) is 25.7 Å². The Morgan fingerprint density at radius 1 is 1.50 bits per heavy atom. The smallest absolute Gasteiger partial charge is 0.123 e. The second-order valence-corrected chi connectivity index (χ2v) is 5.08. The maximum atomic E-state index is 5.47. The molecule has 1 heterocycles. The second kappa shape index (κ2) is 5.19. The van der Waals surface area contributed by atoms with E-state index in [4.69, 9.17) is 4.74 Å². The van der Waals surface area contributed by atoms with Crippen molar-refractivity contribution in [3.63, 3.8) is 0 Å². The number of nitrogens with one attached hydrogen (secondary N) is 1. The van der Waals surface area contributed by atoms with Gasteiger partial charge in [-0.25, -0.2) is 0 Å². The molecule has 3 heteroatoms. The van der Waals surface area contributed by atoms with Gasteiger partial charge in [-0.2, -0.15) is 0 Å². The van der Waals surface area contributed by atoms with Crippen LogP contribution in [0, 0.1) is 0 Å². The molecule has 0 aromatic heterocycles. The lowest BCUT2D eigenvalue weighted by molar-refractivity contribution is 0.408. The highest BCUT2D eigenvalue weighted by Gasteiger charge is 2.19. The fourth-order valence-electron chi connectivity index (χ4n) is 2.33. The van der Waals surface area contributed by atoms with Crippen LogP contribution in [0.25, 0.3) is 0 Å². The third kappa shape index (κ3) is 2.25. The maximum Gasteiger partial charge on any atom is 0.123 e. The fourth-order valence-corrected chi connectivity index (χ4v) is 3.07. The minimum Gasteiger partial charge on any atom is -0.496 e. The van der Waals surface area contributed by atoms with E-state index in [0.717, 1.165) is 25.3 Å². The van der Waals surface area contributed by atoms with Crippen LogP contribution in [0.15, 0.2) is 16.6 Å². The SMILES string of the molecule is CCc1c(Br)cc(C2CCNC2)cc1OC. The zero-order valence-corrected chi connectivity index (χ0v) is 11.4. The first-order valence-electron chi connectivity index (χ1n) is 5.83. The molecule has 0 saturated carbocycles. The lowest BCUT2D eigenvalue weighted by Gasteiger charge is -2.15. The van der Waals surface area contributed by atoms with Crippen molar-refractivity contribution in [1.82, 2.24) is 5.32 Å². The van der Waals surface area contributed by atoms with E-state index in [1.165, 1.54) is 22.0 Å². The van der Waals surface area contributed by atoms with Gasteiger partial charge in [0.1, 0.15) is 5.75 Å². The minimum atomic E-state index is 0.635. The molecule has 2 nitrogen and oxygen atoms in total. The van der Waals surface area contributed by atoms with Crippen LogP contribution in [0.4, 0.5) is 0 Å². The van der Waals surface area contributed by atoms with Crippen molar-refractivity contribution < 1.29 is 4.74 Å². The Hall–Kier alpha value is -0.540. The molecule has 1 aliphatic rings. The molecule has 1 fully saturated rings. The van der Waals surface area contributed by atoms with Crippen LogP contribution in [0.5, 0.6) is 5.75 Å². The summed E-state index contributed by atoms with van der Waals surface area (Å²) in [5.74, 6) is 1.65. The molecule has 0 amide bonds. The largest absolute Gasteiger partial charge is 0.496 e. The Morgan fingerprint density at radius 3 is 2.88 bits per heavy atom. The van der Waals surface area contributed by atoms with Crippen LogP contribution in [0.3, 0.4) is 0 Å². The Kier molecular flexibility index (Phi) is 3.87. The number of benzene rings is 1. The van der Waals surface area contributed by atoms with Crippen LogP contribution in [-0.4, -0.2) is 20.2 Å². The van der Waals surface area contributed by atoms with Crippen molar-refractivity contribution in [2.75, 3.05) is 20.2 Å². The third-order valence-electron chi connectivity index (χ3n) is 3.28. The Bertz CT molecular complexity index is 372. The van der Waals surface area contributed by atoms with Gasteiger partial charge in [0.2, 0.25) is 0 Å². The van der Waals surface area contributed by atoms with Crippen molar-refractivity contribution in [1.29, 1.82) is 0 Å². The van der Waals surface area contributed by atoms with E-state index in [-0.39, 0.29) is 0 Å². The molecule has 0 bridgehead atoms. The van der Waals surface area contributed by atoms with Gasteiger partial charge >= 0.3 is 0 Å². The summed E-state index contributed by atoms with van der Waals surface area (Å²) in [6, 6.07) is 4.44. The second-order valence-electron chi connectivity index (χ2n) is 4.23. The van der Waals surface area contributed by atoms with E-state index >= 15 is 0 Å². The lowest BCUT2D eigenvalue weighted by Crippen LogP contribution is -2.08. The average molecular weight is 284 g/mol. The van der Waals surface area contributed by atoms with Crippen molar-refractivity contribution in [3.8, 4) is 5.75 Å². The lowest BCUT2D eigenvalue weighted by atomic mass is 9.96. The van der Waals surface area contributed by atoms with Gasteiger partial charge < -0.3 is 10.1 Å². The highest BCUT2D eigenvalue weighted by molar-refractivity contribution is 9.10. The van der Waals surface area contributed by atoms with Gasteiger partial charge in [0.15, 0.2) is 0 Å². The molecule has 2 rings (SSSR count). The Balaban J connectivity index is 2.36. The predicted octanol–water partition coefficient (Wildman–Crippen LogP) is 3.10. The molecule has 1 saturated heterocycles. The number of ether oxygens (including phenoxy) is 1. The zero-order valence-electron chi connectivity index (χ0n) is 9.85. The summed E-state index contributed by atoms with van der Waals surface area (Å²) in [4.78, 5) is 0. The van der Waals surface area contributed by atoms with Gasteiger partial charge in [0, 0.05) is 16.6 Å². The first-order chi connectivity index (χ1) is 7.76. The molecule has 1 aromatic carbocycles. The van der Waals surface area contributed by atoms with Gasteiger partial charge in [0.25, 0.3) is 0 Å². The molecular formula is C13H18BrNO. The van der Waals surface area contributed by atoms with Crippen molar-refractivity contribution >= 4 is 15.9 Å². The molecule has 1 unspecified atom stereocenters. The molecule has 1 atom stereocenters. The van der Waals surface area contributed by atoms with Gasteiger partial charge in [-0.05, 0) is 43.0 Å². The van der Waals surface area contributed by atoms with E-state index < -0.39 is 0 Å². The minimum absolute atomic E-state index is 0.635. The molecular weight excluding hydrogens is 266 g/mol. The number of halogens is 1. The summed E-state index contributed by atoms with van der Waals surface area (Å²) in [5, 5.41) is 3.40.